The average Bonchev–Trinajstić information content (AvgIpc) is 3.08. The van der Waals surface area contributed by atoms with E-state index in [4.69, 9.17) is 18.6 Å². The van der Waals surface area contributed by atoms with Gasteiger partial charge in [-0.05, 0) is 19.3 Å². The standard InChI is InChI=1S/C18H21N5O5/c1-25-18-9-17(10-18,11-18)14(24)22-16-21-8-13(28-16)27-12-6-19-15(20-7-12)23-2-4-26-5-3-23/h6-8H,2-5,9-11H2,1H3,(H,21,22,24). The first-order chi connectivity index (χ1) is 13.6. The topological polar surface area (TPSA) is 112 Å². The molecule has 0 aromatic carbocycles. The van der Waals surface area contributed by atoms with Gasteiger partial charge in [-0.3, -0.25) is 10.1 Å². The number of carbonyl (C=O) groups excluding carboxylic acids is 1. The first-order valence-electron chi connectivity index (χ1n) is 9.25. The van der Waals surface area contributed by atoms with Crippen LogP contribution in [0.1, 0.15) is 19.3 Å². The number of aromatic nitrogens is 3. The quantitative estimate of drug-likeness (QED) is 0.790. The molecule has 3 saturated carbocycles. The Kier molecular flexibility index (Phi) is 3.98. The predicted molar refractivity (Wildman–Crippen MR) is 96.3 cm³/mol. The second-order valence-corrected chi connectivity index (χ2v) is 7.56. The van der Waals surface area contributed by atoms with E-state index in [1.165, 1.54) is 6.20 Å². The van der Waals surface area contributed by atoms with Gasteiger partial charge in [0.15, 0.2) is 5.75 Å². The summed E-state index contributed by atoms with van der Waals surface area (Å²) in [7, 11) is 1.69. The molecule has 1 N–H and O–H groups in total. The maximum atomic E-state index is 12.4. The third-order valence-electron chi connectivity index (χ3n) is 5.73. The lowest BCUT2D eigenvalue weighted by molar-refractivity contribution is -0.260. The molecular formula is C18H21N5O5. The van der Waals surface area contributed by atoms with Crippen LogP contribution in [-0.2, 0) is 14.3 Å². The van der Waals surface area contributed by atoms with Crippen molar-refractivity contribution < 1.29 is 23.4 Å². The minimum Gasteiger partial charge on any atom is -0.421 e. The van der Waals surface area contributed by atoms with Crippen LogP contribution in [0, 0.1) is 5.41 Å². The highest BCUT2D eigenvalue weighted by molar-refractivity contribution is 5.96. The molecule has 4 aliphatic rings. The lowest BCUT2D eigenvalue weighted by Gasteiger charge is -2.67. The third kappa shape index (κ3) is 2.89. The second-order valence-electron chi connectivity index (χ2n) is 7.56. The Balaban J connectivity index is 1.17. The molecule has 148 valence electrons. The van der Waals surface area contributed by atoms with Crippen LogP contribution in [-0.4, -0.2) is 59.9 Å². The second kappa shape index (κ2) is 6.42. The van der Waals surface area contributed by atoms with Crippen molar-refractivity contribution in [2.45, 2.75) is 24.9 Å². The number of amides is 1. The Labute approximate surface area is 161 Å². The zero-order valence-electron chi connectivity index (χ0n) is 15.5. The lowest BCUT2D eigenvalue weighted by Crippen LogP contribution is -2.72. The van der Waals surface area contributed by atoms with Crippen molar-refractivity contribution in [3.05, 3.63) is 18.6 Å². The summed E-state index contributed by atoms with van der Waals surface area (Å²) in [4.78, 5) is 27.2. The fourth-order valence-electron chi connectivity index (χ4n) is 4.15. The minimum atomic E-state index is -0.339. The molecule has 6 rings (SSSR count). The van der Waals surface area contributed by atoms with Gasteiger partial charge >= 0.3 is 12.0 Å². The van der Waals surface area contributed by atoms with Crippen LogP contribution < -0.4 is 15.0 Å². The van der Waals surface area contributed by atoms with Crippen LogP contribution in [0.3, 0.4) is 0 Å². The highest BCUT2D eigenvalue weighted by Crippen LogP contribution is 2.69. The number of carbonyl (C=O) groups is 1. The zero-order valence-corrected chi connectivity index (χ0v) is 15.5. The van der Waals surface area contributed by atoms with Gasteiger partial charge in [0.05, 0.1) is 36.6 Å². The molecule has 3 heterocycles. The van der Waals surface area contributed by atoms with E-state index in [1.54, 1.807) is 19.5 Å². The van der Waals surface area contributed by atoms with Crippen LogP contribution in [0.5, 0.6) is 11.7 Å². The van der Waals surface area contributed by atoms with E-state index in [0.29, 0.717) is 24.9 Å². The summed E-state index contributed by atoms with van der Waals surface area (Å²) in [5.74, 6) is 1.13. The largest absolute Gasteiger partial charge is 0.421 e. The maximum absolute atomic E-state index is 12.4. The summed E-state index contributed by atoms with van der Waals surface area (Å²) in [6, 6.07) is 0.113. The van der Waals surface area contributed by atoms with Crippen LogP contribution >= 0.6 is 0 Å². The predicted octanol–water partition coefficient (Wildman–Crippen LogP) is 1.60. The SMILES string of the molecule is COC12CC(C(=O)Nc3ncc(Oc4cnc(N5CCOCC5)nc4)o3)(C1)C2. The monoisotopic (exact) mass is 387 g/mol. The molecule has 4 fully saturated rings. The number of morpholine rings is 1. The molecule has 0 radical (unpaired) electrons. The minimum absolute atomic E-state index is 0.0852. The number of ether oxygens (including phenoxy) is 3. The number of nitrogens with one attached hydrogen (secondary N) is 1. The van der Waals surface area contributed by atoms with Gasteiger partial charge in [-0.2, -0.15) is 4.98 Å². The Morgan fingerprint density at radius 3 is 2.54 bits per heavy atom. The molecule has 1 amide bonds. The average molecular weight is 387 g/mol. The molecule has 1 aliphatic heterocycles. The van der Waals surface area contributed by atoms with E-state index in [-0.39, 0.29) is 28.9 Å². The number of oxazole rings is 1. The van der Waals surface area contributed by atoms with E-state index in [0.717, 1.165) is 32.4 Å². The van der Waals surface area contributed by atoms with Crippen LogP contribution in [0.2, 0.25) is 0 Å². The first kappa shape index (κ1) is 17.4. The molecule has 3 aliphatic carbocycles. The van der Waals surface area contributed by atoms with Gasteiger partial charge in [-0.15, -0.1) is 0 Å². The van der Waals surface area contributed by atoms with Crippen molar-refractivity contribution in [3.8, 4) is 11.7 Å². The van der Waals surface area contributed by atoms with E-state index in [9.17, 15) is 4.79 Å². The number of nitrogens with zero attached hydrogens (tertiary/aromatic N) is 4. The van der Waals surface area contributed by atoms with Crippen LogP contribution in [0.25, 0.3) is 0 Å². The van der Waals surface area contributed by atoms with Crippen molar-refractivity contribution in [1.82, 2.24) is 15.0 Å². The fourth-order valence-corrected chi connectivity index (χ4v) is 4.15. The van der Waals surface area contributed by atoms with Crippen molar-refractivity contribution in [2.24, 2.45) is 5.41 Å². The molecule has 2 aromatic rings. The number of hydrogen-bond acceptors (Lipinski definition) is 9. The molecule has 10 heteroatoms. The smallest absolute Gasteiger partial charge is 0.312 e. The number of rotatable bonds is 6. The van der Waals surface area contributed by atoms with Gasteiger partial charge in [0.2, 0.25) is 11.9 Å². The Hall–Kier alpha value is -2.72. The van der Waals surface area contributed by atoms with Crippen LogP contribution in [0.15, 0.2) is 23.0 Å². The maximum Gasteiger partial charge on any atom is 0.312 e. The summed E-state index contributed by atoms with van der Waals surface area (Å²) >= 11 is 0. The normalized spacial score (nSPS) is 28.2. The molecule has 2 aromatic heterocycles. The van der Waals surface area contributed by atoms with Crippen molar-refractivity contribution in [1.29, 1.82) is 0 Å². The summed E-state index contributed by atoms with van der Waals surface area (Å²) < 4.78 is 21.8. The molecular weight excluding hydrogens is 366 g/mol. The van der Waals surface area contributed by atoms with E-state index >= 15 is 0 Å². The highest BCUT2D eigenvalue weighted by atomic mass is 16.6. The van der Waals surface area contributed by atoms with Crippen LogP contribution in [0.4, 0.5) is 12.0 Å². The molecule has 1 saturated heterocycles. The Morgan fingerprint density at radius 1 is 1.14 bits per heavy atom. The first-order valence-corrected chi connectivity index (χ1v) is 9.25. The summed E-state index contributed by atoms with van der Waals surface area (Å²) in [6.07, 6.45) is 6.80. The number of anilines is 2. The number of hydrogen-bond donors (Lipinski definition) is 1. The zero-order chi connectivity index (χ0) is 19.2. The molecule has 0 spiro atoms. The van der Waals surface area contributed by atoms with Gasteiger partial charge in [0, 0.05) is 20.2 Å². The summed E-state index contributed by atoms with van der Waals surface area (Å²) in [6.45, 7) is 2.86. The van der Waals surface area contributed by atoms with Gasteiger partial charge in [0.25, 0.3) is 0 Å². The lowest BCUT2D eigenvalue weighted by atomic mass is 9.41. The van der Waals surface area contributed by atoms with Crippen molar-refractivity contribution in [2.75, 3.05) is 43.6 Å². The van der Waals surface area contributed by atoms with Gasteiger partial charge in [-0.1, -0.05) is 0 Å². The van der Waals surface area contributed by atoms with Gasteiger partial charge in [0.1, 0.15) is 6.20 Å². The molecule has 0 atom stereocenters. The highest BCUT2D eigenvalue weighted by Gasteiger charge is 2.72. The third-order valence-corrected chi connectivity index (χ3v) is 5.73. The van der Waals surface area contributed by atoms with Crippen molar-refractivity contribution >= 4 is 17.9 Å². The molecule has 28 heavy (non-hydrogen) atoms. The van der Waals surface area contributed by atoms with Crippen molar-refractivity contribution in [3.63, 3.8) is 0 Å². The van der Waals surface area contributed by atoms with E-state index < -0.39 is 0 Å². The molecule has 2 bridgehead atoms. The van der Waals surface area contributed by atoms with E-state index in [1.807, 2.05) is 4.90 Å². The fraction of sp³-hybridized carbons (Fsp3) is 0.556. The summed E-state index contributed by atoms with van der Waals surface area (Å²) in [5, 5.41) is 2.72. The van der Waals surface area contributed by atoms with Gasteiger partial charge in [-0.25, -0.2) is 9.97 Å². The van der Waals surface area contributed by atoms with E-state index in [2.05, 4.69) is 20.3 Å². The molecule has 0 unspecified atom stereocenters. The summed E-state index contributed by atoms with van der Waals surface area (Å²) in [5.41, 5.74) is -0.426. The Bertz CT molecular complexity index is 857. The Morgan fingerprint density at radius 2 is 1.86 bits per heavy atom. The molecule has 10 nitrogen and oxygen atoms in total. The van der Waals surface area contributed by atoms with Gasteiger partial charge < -0.3 is 23.5 Å². The number of methoxy groups -OCH3 is 1.